The van der Waals surface area contributed by atoms with E-state index in [9.17, 15) is 9.90 Å². The molecule has 0 bridgehead atoms. The smallest absolute Gasteiger partial charge is 0.162 e. The number of carbonyl (C=O) groups is 1. The fraction of sp³-hybridized carbons (Fsp3) is 0.222. The van der Waals surface area contributed by atoms with Crippen LogP contribution < -0.4 is 0 Å². The number of hydrogen-bond donors (Lipinski definition) is 1. The molecule has 0 aliphatic heterocycles. The first-order chi connectivity index (χ1) is 5.63. The van der Waals surface area contributed by atoms with E-state index in [-0.39, 0.29) is 5.78 Å². The molecule has 2 nitrogen and oxygen atoms in total. The predicted octanol–water partition coefficient (Wildman–Crippen LogP) is 1.91. The van der Waals surface area contributed by atoms with Crippen LogP contribution in [-0.2, 0) is 4.79 Å². The monoisotopic (exact) mass is 276 g/mol. The number of aliphatic hydroxyl groups is 1. The Morgan fingerprint density at radius 3 is 2.58 bits per heavy atom. The number of benzene rings is 1. The van der Waals surface area contributed by atoms with Gasteiger partial charge in [0, 0.05) is 9.13 Å². The molecule has 12 heavy (non-hydrogen) atoms. The van der Waals surface area contributed by atoms with E-state index in [1.54, 1.807) is 6.07 Å². The lowest BCUT2D eigenvalue weighted by Crippen LogP contribution is -2.08. The summed E-state index contributed by atoms with van der Waals surface area (Å²) < 4.78 is 0.915. The van der Waals surface area contributed by atoms with Gasteiger partial charge in [-0.2, -0.15) is 0 Å². The maximum absolute atomic E-state index is 10.8. The summed E-state index contributed by atoms with van der Waals surface area (Å²) in [7, 11) is 0. The average molecular weight is 276 g/mol. The van der Waals surface area contributed by atoms with Crippen molar-refractivity contribution in [3.63, 3.8) is 0 Å². The summed E-state index contributed by atoms with van der Waals surface area (Å²) in [5.74, 6) is -0.223. The van der Waals surface area contributed by atoms with Gasteiger partial charge in [0.05, 0.1) is 0 Å². The highest BCUT2D eigenvalue weighted by molar-refractivity contribution is 14.1. The molecule has 64 valence electrons. The van der Waals surface area contributed by atoms with Gasteiger partial charge in [0.15, 0.2) is 5.78 Å². The van der Waals surface area contributed by atoms with E-state index in [0.717, 1.165) is 3.57 Å². The van der Waals surface area contributed by atoms with Crippen LogP contribution in [0.5, 0.6) is 0 Å². The minimum absolute atomic E-state index is 0.223. The van der Waals surface area contributed by atoms with Crippen LogP contribution in [-0.4, -0.2) is 10.9 Å². The fourth-order valence-corrected chi connectivity index (χ4v) is 1.60. The van der Waals surface area contributed by atoms with Gasteiger partial charge in [-0.1, -0.05) is 18.2 Å². The van der Waals surface area contributed by atoms with Gasteiger partial charge in [-0.15, -0.1) is 0 Å². The number of aliphatic hydroxyl groups excluding tert-OH is 1. The zero-order chi connectivity index (χ0) is 9.14. The Hall–Kier alpha value is -0.420. The number of carbonyl (C=O) groups excluding carboxylic acids is 1. The van der Waals surface area contributed by atoms with Crippen molar-refractivity contribution in [3.8, 4) is 0 Å². The van der Waals surface area contributed by atoms with E-state index < -0.39 is 6.10 Å². The molecule has 1 aromatic rings. The SMILES string of the molecule is CC(=O)[C@H](O)c1ccccc1I. The molecule has 0 spiro atoms. The molecule has 0 fully saturated rings. The van der Waals surface area contributed by atoms with E-state index in [1.165, 1.54) is 6.92 Å². The van der Waals surface area contributed by atoms with Gasteiger partial charge >= 0.3 is 0 Å². The Morgan fingerprint density at radius 1 is 1.50 bits per heavy atom. The molecule has 0 saturated carbocycles. The van der Waals surface area contributed by atoms with Crippen LogP contribution in [0.3, 0.4) is 0 Å². The molecule has 1 rings (SSSR count). The Balaban J connectivity index is 3.02. The quantitative estimate of drug-likeness (QED) is 0.838. The lowest BCUT2D eigenvalue weighted by molar-refractivity contribution is -0.125. The molecule has 0 aliphatic carbocycles. The highest BCUT2D eigenvalue weighted by atomic mass is 127. The van der Waals surface area contributed by atoms with Crippen molar-refractivity contribution in [1.29, 1.82) is 0 Å². The number of halogens is 1. The molecule has 0 saturated heterocycles. The van der Waals surface area contributed by atoms with Crippen LogP contribution >= 0.6 is 22.6 Å². The minimum Gasteiger partial charge on any atom is -0.381 e. The molecule has 0 aliphatic rings. The first kappa shape index (κ1) is 9.67. The molecule has 0 unspecified atom stereocenters. The molecular formula is C9H9IO2. The van der Waals surface area contributed by atoms with Crippen molar-refractivity contribution in [2.24, 2.45) is 0 Å². The minimum atomic E-state index is -0.974. The molecule has 0 aromatic heterocycles. The van der Waals surface area contributed by atoms with Crippen molar-refractivity contribution in [1.82, 2.24) is 0 Å². The molecule has 3 heteroatoms. The van der Waals surface area contributed by atoms with Crippen LogP contribution in [0.15, 0.2) is 24.3 Å². The van der Waals surface area contributed by atoms with Crippen molar-refractivity contribution >= 4 is 28.4 Å². The van der Waals surface area contributed by atoms with Crippen LogP contribution in [0.4, 0.5) is 0 Å². The normalized spacial score (nSPS) is 12.6. The third kappa shape index (κ3) is 2.04. The lowest BCUT2D eigenvalue weighted by Gasteiger charge is -2.08. The van der Waals surface area contributed by atoms with Gasteiger partial charge in [0.25, 0.3) is 0 Å². The van der Waals surface area contributed by atoms with Crippen molar-refractivity contribution in [3.05, 3.63) is 33.4 Å². The zero-order valence-electron chi connectivity index (χ0n) is 6.62. The summed E-state index contributed by atoms with van der Waals surface area (Å²) in [4.78, 5) is 10.8. The number of hydrogen-bond acceptors (Lipinski definition) is 2. The van der Waals surface area contributed by atoms with E-state index in [0.29, 0.717) is 5.56 Å². The summed E-state index contributed by atoms with van der Waals surface area (Å²) in [6.45, 7) is 1.38. The van der Waals surface area contributed by atoms with Gasteiger partial charge in [0.1, 0.15) is 6.10 Å². The third-order valence-corrected chi connectivity index (χ3v) is 2.57. The van der Waals surface area contributed by atoms with Gasteiger partial charge < -0.3 is 5.11 Å². The van der Waals surface area contributed by atoms with Crippen molar-refractivity contribution in [2.45, 2.75) is 13.0 Å². The highest BCUT2D eigenvalue weighted by Gasteiger charge is 2.14. The maximum atomic E-state index is 10.8. The fourth-order valence-electron chi connectivity index (χ4n) is 0.916. The topological polar surface area (TPSA) is 37.3 Å². The summed E-state index contributed by atoms with van der Waals surface area (Å²) >= 11 is 2.10. The van der Waals surface area contributed by atoms with Crippen LogP contribution in [0.25, 0.3) is 0 Å². The standard InChI is InChI=1S/C9H9IO2/c1-6(11)9(12)7-4-2-3-5-8(7)10/h2-5,9,12H,1H3/t9-/m0/s1. The van der Waals surface area contributed by atoms with Crippen molar-refractivity contribution < 1.29 is 9.90 Å². The Bertz CT molecular complexity index is 296. The second kappa shape index (κ2) is 4.00. The highest BCUT2D eigenvalue weighted by Crippen LogP contribution is 2.19. The summed E-state index contributed by atoms with van der Waals surface area (Å²) in [5, 5.41) is 9.42. The lowest BCUT2D eigenvalue weighted by atomic mass is 10.1. The number of Topliss-reactive ketones (excluding diaryl/α,β-unsaturated/α-hetero) is 1. The molecule has 0 amide bonds. The Morgan fingerprint density at radius 2 is 2.08 bits per heavy atom. The van der Waals surface area contributed by atoms with Gasteiger partial charge in [-0.25, -0.2) is 0 Å². The summed E-state index contributed by atoms with van der Waals surface area (Å²) in [6, 6.07) is 7.30. The Labute approximate surface area is 84.7 Å². The molecule has 0 radical (unpaired) electrons. The van der Waals surface area contributed by atoms with Gasteiger partial charge in [0.2, 0.25) is 0 Å². The molecule has 0 heterocycles. The van der Waals surface area contributed by atoms with Crippen LogP contribution in [0, 0.1) is 3.57 Å². The molecule has 1 atom stereocenters. The third-order valence-electron chi connectivity index (χ3n) is 1.58. The van der Waals surface area contributed by atoms with Crippen LogP contribution in [0.2, 0.25) is 0 Å². The predicted molar refractivity (Wildman–Crippen MR) is 54.8 cm³/mol. The van der Waals surface area contributed by atoms with Crippen molar-refractivity contribution in [2.75, 3.05) is 0 Å². The van der Waals surface area contributed by atoms with E-state index in [2.05, 4.69) is 22.6 Å². The van der Waals surface area contributed by atoms with Gasteiger partial charge in [-0.05, 0) is 35.6 Å². The van der Waals surface area contributed by atoms with E-state index in [4.69, 9.17) is 0 Å². The Kier molecular flexibility index (Phi) is 3.22. The van der Waals surface area contributed by atoms with Gasteiger partial charge in [-0.3, -0.25) is 4.79 Å². The van der Waals surface area contributed by atoms with Crippen LogP contribution in [0.1, 0.15) is 18.6 Å². The summed E-state index contributed by atoms with van der Waals surface area (Å²) in [5.41, 5.74) is 0.686. The van der Waals surface area contributed by atoms with E-state index >= 15 is 0 Å². The zero-order valence-corrected chi connectivity index (χ0v) is 8.78. The first-order valence-electron chi connectivity index (χ1n) is 3.56. The first-order valence-corrected chi connectivity index (χ1v) is 4.63. The largest absolute Gasteiger partial charge is 0.381 e. The molecule has 1 aromatic carbocycles. The maximum Gasteiger partial charge on any atom is 0.162 e. The average Bonchev–Trinajstić information content (AvgIpc) is 2.04. The second-order valence-electron chi connectivity index (χ2n) is 2.53. The summed E-state index contributed by atoms with van der Waals surface area (Å²) in [6.07, 6.45) is -0.974. The number of ketones is 1. The molecular weight excluding hydrogens is 267 g/mol. The van der Waals surface area contributed by atoms with E-state index in [1.807, 2.05) is 18.2 Å². The molecule has 1 N–H and O–H groups in total. The number of rotatable bonds is 2. The second-order valence-corrected chi connectivity index (χ2v) is 3.70.